The smallest absolute Gasteiger partial charge is 0.189 e. The van der Waals surface area contributed by atoms with Crippen LogP contribution in [-0.2, 0) is 14.2 Å². The van der Waals surface area contributed by atoms with Gasteiger partial charge in [0.25, 0.3) is 0 Å². The molecule has 0 amide bonds. The molecule has 1 aromatic heterocycles. The maximum absolute atomic E-state index is 9.86. The van der Waals surface area contributed by atoms with Crippen molar-refractivity contribution in [3.63, 3.8) is 0 Å². The topological polar surface area (TPSA) is 98.9 Å². The molecule has 0 aromatic carbocycles. The Morgan fingerprint density at radius 3 is 2.84 bits per heavy atom. The van der Waals surface area contributed by atoms with Gasteiger partial charge in [0.1, 0.15) is 37.0 Å². The normalized spacial score (nSPS) is 38.3. The van der Waals surface area contributed by atoms with Crippen molar-refractivity contribution in [2.75, 3.05) is 6.61 Å². The van der Waals surface area contributed by atoms with Gasteiger partial charge < -0.3 is 24.4 Å². The monoisotopic (exact) mass is 271 g/mol. The number of rotatable bonds is 3. The molecule has 2 aliphatic rings. The second-order valence-corrected chi connectivity index (χ2v) is 5.19. The molecule has 0 radical (unpaired) electrons. The van der Waals surface area contributed by atoms with Crippen LogP contribution in [0.1, 0.15) is 19.9 Å². The lowest BCUT2D eigenvalue weighted by Gasteiger charge is -2.27. The third-order valence-corrected chi connectivity index (χ3v) is 3.36. The number of ether oxygens (including phenoxy) is 3. The molecule has 1 aromatic rings. The van der Waals surface area contributed by atoms with Crippen molar-refractivity contribution in [1.82, 2.24) is 14.8 Å². The molecule has 2 saturated heterocycles. The van der Waals surface area contributed by atoms with Crippen molar-refractivity contribution < 1.29 is 24.4 Å². The summed E-state index contributed by atoms with van der Waals surface area (Å²) in [5.41, 5.74) is 0. The van der Waals surface area contributed by atoms with E-state index in [2.05, 4.69) is 10.1 Å². The maximum Gasteiger partial charge on any atom is 0.189 e. The first-order valence-electron chi connectivity index (χ1n) is 6.16. The van der Waals surface area contributed by atoms with E-state index in [-0.39, 0.29) is 0 Å². The molecule has 2 fully saturated rings. The number of aromatic nitrogens is 3. The van der Waals surface area contributed by atoms with E-state index < -0.39 is 43.0 Å². The molecule has 0 bridgehead atoms. The van der Waals surface area contributed by atoms with Crippen molar-refractivity contribution in [3.05, 3.63) is 12.7 Å². The Bertz CT molecular complexity index is 438. The van der Waals surface area contributed by atoms with Crippen molar-refractivity contribution in [3.8, 4) is 0 Å². The largest absolute Gasteiger partial charge is 0.394 e. The highest BCUT2D eigenvalue weighted by Crippen LogP contribution is 2.43. The number of aliphatic hydroxyl groups is 2. The summed E-state index contributed by atoms with van der Waals surface area (Å²) in [4.78, 5) is 3.89. The van der Waals surface area contributed by atoms with Gasteiger partial charge in [-0.3, -0.25) is 0 Å². The van der Waals surface area contributed by atoms with Gasteiger partial charge in [0, 0.05) is 0 Å². The molecule has 8 heteroatoms. The lowest BCUT2D eigenvalue weighted by Crippen LogP contribution is -2.40. The number of aliphatic hydroxyl groups excluding tert-OH is 2. The maximum atomic E-state index is 9.86. The minimum atomic E-state index is -1.03. The van der Waals surface area contributed by atoms with Crippen LogP contribution in [0.3, 0.4) is 0 Å². The predicted molar refractivity (Wildman–Crippen MR) is 60.8 cm³/mol. The van der Waals surface area contributed by atoms with Crippen molar-refractivity contribution in [1.29, 1.82) is 0 Å². The molecule has 106 valence electrons. The van der Waals surface area contributed by atoms with E-state index in [1.54, 1.807) is 18.5 Å². The average Bonchev–Trinajstić information content (AvgIpc) is 3.01. The highest BCUT2D eigenvalue weighted by molar-refractivity contribution is 4.98. The Labute approximate surface area is 109 Å². The molecule has 0 spiro atoms. The Morgan fingerprint density at radius 1 is 1.42 bits per heavy atom. The second-order valence-electron chi connectivity index (χ2n) is 5.19. The zero-order valence-corrected chi connectivity index (χ0v) is 10.7. The van der Waals surface area contributed by atoms with Gasteiger partial charge in [-0.25, -0.2) is 9.67 Å². The lowest BCUT2D eigenvalue weighted by atomic mass is 10.0. The van der Waals surface area contributed by atoms with Crippen LogP contribution < -0.4 is 0 Å². The number of hydrogen-bond donors (Lipinski definition) is 2. The lowest BCUT2D eigenvalue weighted by molar-refractivity contribution is -0.221. The highest BCUT2D eigenvalue weighted by atomic mass is 16.8. The summed E-state index contributed by atoms with van der Waals surface area (Å²) < 4.78 is 18.7. The second kappa shape index (κ2) is 4.50. The van der Waals surface area contributed by atoms with Crippen LogP contribution in [-0.4, -0.2) is 62.0 Å². The van der Waals surface area contributed by atoms with Gasteiger partial charge in [0.2, 0.25) is 0 Å². The number of nitrogens with zero attached hydrogens (tertiary/aromatic N) is 3. The van der Waals surface area contributed by atoms with E-state index in [1.165, 1.54) is 12.7 Å². The van der Waals surface area contributed by atoms with Crippen LogP contribution >= 0.6 is 0 Å². The van der Waals surface area contributed by atoms with Gasteiger partial charge in [-0.2, -0.15) is 5.10 Å². The van der Waals surface area contributed by atoms with Crippen LogP contribution in [0.4, 0.5) is 0 Å². The van der Waals surface area contributed by atoms with E-state index >= 15 is 0 Å². The summed E-state index contributed by atoms with van der Waals surface area (Å²) in [6.07, 6.45) is 0.255. The first-order valence-corrected chi connectivity index (χ1v) is 6.16. The summed E-state index contributed by atoms with van der Waals surface area (Å²) in [6.45, 7) is 3.19. The zero-order chi connectivity index (χ0) is 13.6. The molecular formula is C11H17N3O5. The standard InChI is InChI=1S/C11H17N3O5/c1-11(2)18-9-7(14-5-12-4-13-14)8(6(16)3-15)17-10(9)19-11/h4-10,15-16H,3H2,1-2H3/t6-,7+,8-,9-,10-/m1/s1. The SMILES string of the molecule is CC1(C)O[C@H]2O[C@H]([C@H](O)CO)[C@H](n3cncn3)[C@H]2O1. The Morgan fingerprint density at radius 2 is 2.21 bits per heavy atom. The zero-order valence-electron chi connectivity index (χ0n) is 10.7. The summed E-state index contributed by atoms with van der Waals surface area (Å²) >= 11 is 0. The Kier molecular flexibility index (Phi) is 3.06. The average molecular weight is 271 g/mol. The van der Waals surface area contributed by atoms with Gasteiger partial charge >= 0.3 is 0 Å². The number of hydrogen-bond acceptors (Lipinski definition) is 7. The van der Waals surface area contributed by atoms with E-state index in [4.69, 9.17) is 19.3 Å². The third-order valence-electron chi connectivity index (χ3n) is 3.36. The van der Waals surface area contributed by atoms with Crippen molar-refractivity contribution in [2.45, 2.75) is 50.3 Å². The van der Waals surface area contributed by atoms with E-state index in [1.807, 2.05) is 0 Å². The Balaban J connectivity index is 1.90. The van der Waals surface area contributed by atoms with Gasteiger partial charge in [-0.1, -0.05) is 0 Å². The van der Waals surface area contributed by atoms with Crippen LogP contribution in [0.5, 0.6) is 0 Å². The number of fused-ring (bicyclic) bond motifs is 1. The van der Waals surface area contributed by atoms with Gasteiger partial charge in [0.15, 0.2) is 12.1 Å². The first kappa shape index (κ1) is 12.9. The van der Waals surface area contributed by atoms with Crippen LogP contribution in [0, 0.1) is 0 Å². The van der Waals surface area contributed by atoms with E-state index in [0.29, 0.717) is 0 Å². The molecule has 0 saturated carbocycles. The van der Waals surface area contributed by atoms with Crippen molar-refractivity contribution in [2.24, 2.45) is 0 Å². The fraction of sp³-hybridized carbons (Fsp3) is 0.818. The summed E-state index contributed by atoms with van der Waals surface area (Å²) in [5, 5.41) is 23.1. The highest BCUT2D eigenvalue weighted by Gasteiger charge is 2.57. The minimum Gasteiger partial charge on any atom is -0.394 e. The van der Waals surface area contributed by atoms with E-state index in [9.17, 15) is 5.11 Å². The molecular weight excluding hydrogens is 254 g/mol. The molecule has 0 unspecified atom stereocenters. The summed E-state index contributed by atoms with van der Waals surface area (Å²) in [7, 11) is 0. The predicted octanol–water partition coefficient (Wildman–Crippen LogP) is -0.951. The quantitative estimate of drug-likeness (QED) is 0.731. The summed E-state index contributed by atoms with van der Waals surface area (Å²) in [5.74, 6) is -0.747. The molecule has 3 rings (SSSR count). The third kappa shape index (κ3) is 2.15. The molecule has 5 atom stereocenters. The van der Waals surface area contributed by atoms with Gasteiger partial charge in [-0.15, -0.1) is 0 Å². The minimum absolute atomic E-state index is 0.392. The molecule has 3 heterocycles. The van der Waals surface area contributed by atoms with Gasteiger partial charge in [0.05, 0.1) is 6.61 Å². The van der Waals surface area contributed by atoms with Crippen LogP contribution in [0.15, 0.2) is 12.7 Å². The summed E-state index contributed by atoms with van der Waals surface area (Å²) in [6, 6.07) is -0.392. The van der Waals surface area contributed by atoms with E-state index in [0.717, 1.165) is 0 Å². The van der Waals surface area contributed by atoms with Crippen LogP contribution in [0.25, 0.3) is 0 Å². The van der Waals surface area contributed by atoms with Crippen molar-refractivity contribution >= 4 is 0 Å². The first-order chi connectivity index (χ1) is 9.02. The van der Waals surface area contributed by atoms with Gasteiger partial charge in [-0.05, 0) is 13.8 Å². The molecule has 0 aliphatic carbocycles. The fourth-order valence-electron chi connectivity index (χ4n) is 2.61. The molecule has 8 nitrogen and oxygen atoms in total. The fourth-order valence-corrected chi connectivity index (χ4v) is 2.61. The molecule has 2 aliphatic heterocycles. The molecule has 2 N–H and O–H groups in total. The van der Waals surface area contributed by atoms with Crippen LogP contribution in [0.2, 0.25) is 0 Å². The Hall–Kier alpha value is -1.06. The molecule has 19 heavy (non-hydrogen) atoms.